The lowest BCUT2D eigenvalue weighted by molar-refractivity contribution is -0.161. The Labute approximate surface area is 256 Å². The number of nitrogens with zero attached hydrogens (tertiary/aromatic N) is 2. The first kappa shape index (κ1) is 33.8. The highest BCUT2D eigenvalue weighted by atomic mass is 35.5. The van der Waals surface area contributed by atoms with E-state index in [1.807, 2.05) is 0 Å². The SMILES string of the molecule is CS(=O)(=O)c1ccc(-c2ccc([C@H](N[C@@H](CC(Cl)Cl)C(=O)N[C@H](C#N)Cc3ccc(C#N)cc3F)C(F)(F)F)cc2)cc1. The zero-order valence-electron chi connectivity index (χ0n) is 22.4. The highest BCUT2D eigenvalue weighted by Gasteiger charge is 2.43. The van der Waals surface area contributed by atoms with E-state index in [1.54, 1.807) is 12.1 Å². The van der Waals surface area contributed by atoms with Gasteiger partial charge in [-0.1, -0.05) is 42.5 Å². The van der Waals surface area contributed by atoms with Crippen molar-refractivity contribution in [1.29, 1.82) is 10.5 Å². The van der Waals surface area contributed by atoms with Crippen molar-refractivity contribution in [3.05, 3.63) is 89.2 Å². The molecule has 0 saturated heterocycles. The van der Waals surface area contributed by atoms with Crippen LogP contribution >= 0.6 is 23.2 Å². The second-order valence-corrected chi connectivity index (χ2v) is 12.8. The van der Waals surface area contributed by atoms with Gasteiger partial charge in [0.1, 0.15) is 22.7 Å². The van der Waals surface area contributed by atoms with Gasteiger partial charge < -0.3 is 5.32 Å². The number of hydrogen-bond acceptors (Lipinski definition) is 6. The molecule has 3 aromatic rings. The summed E-state index contributed by atoms with van der Waals surface area (Å²) >= 11 is 11.6. The largest absolute Gasteiger partial charge is 0.407 e. The van der Waals surface area contributed by atoms with Gasteiger partial charge in [0.25, 0.3) is 0 Å². The number of nitriles is 2. The number of benzene rings is 3. The topological polar surface area (TPSA) is 123 Å². The lowest BCUT2D eigenvalue weighted by atomic mass is 9.99. The molecule has 226 valence electrons. The number of hydrogen-bond donors (Lipinski definition) is 2. The molecule has 14 heteroatoms. The minimum absolute atomic E-state index is 0.0159. The Balaban J connectivity index is 1.82. The van der Waals surface area contributed by atoms with Gasteiger partial charge in [-0.25, -0.2) is 12.8 Å². The minimum Gasteiger partial charge on any atom is -0.339 e. The van der Waals surface area contributed by atoms with Crippen LogP contribution in [0.15, 0.2) is 71.6 Å². The molecular weight excluding hydrogens is 631 g/mol. The van der Waals surface area contributed by atoms with Gasteiger partial charge in [0.05, 0.1) is 28.6 Å². The summed E-state index contributed by atoms with van der Waals surface area (Å²) in [6.07, 6.45) is -4.57. The van der Waals surface area contributed by atoms with Gasteiger partial charge in [-0.05, 0) is 46.5 Å². The fraction of sp³-hybridized carbons (Fsp3) is 0.276. The third-order valence-electron chi connectivity index (χ3n) is 6.36. The van der Waals surface area contributed by atoms with Gasteiger partial charge in [0.2, 0.25) is 5.91 Å². The summed E-state index contributed by atoms with van der Waals surface area (Å²) in [7, 11) is -3.42. The van der Waals surface area contributed by atoms with Gasteiger partial charge in [-0.2, -0.15) is 23.7 Å². The highest BCUT2D eigenvalue weighted by Crippen LogP contribution is 2.35. The molecule has 0 heterocycles. The molecule has 0 bridgehead atoms. The van der Waals surface area contributed by atoms with Crippen molar-refractivity contribution in [2.45, 2.75) is 46.9 Å². The van der Waals surface area contributed by atoms with E-state index >= 15 is 0 Å². The van der Waals surface area contributed by atoms with Crippen LogP contribution < -0.4 is 10.6 Å². The van der Waals surface area contributed by atoms with Crippen molar-refractivity contribution in [2.75, 3.05) is 6.26 Å². The Bertz CT molecular complexity index is 1640. The van der Waals surface area contributed by atoms with Crippen molar-refractivity contribution in [1.82, 2.24) is 10.6 Å². The van der Waals surface area contributed by atoms with Gasteiger partial charge in [-0.15, -0.1) is 23.2 Å². The molecule has 2 N–H and O–H groups in total. The Morgan fingerprint density at radius 1 is 0.977 bits per heavy atom. The Hall–Kier alpha value is -3.68. The predicted molar refractivity (Wildman–Crippen MR) is 153 cm³/mol. The van der Waals surface area contributed by atoms with Crippen LogP contribution in [0.3, 0.4) is 0 Å². The third-order valence-corrected chi connectivity index (χ3v) is 7.85. The molecule has 1 amide bonds. The van der Waals surface area contributed by atoms with Gasteiger partial charge >= 0.3 is 6.18 Å². The minimum atomic E-state index is -4.87. The van der Waals surface area contributed by atoms with Crippen molar-refractivity contribution in [2.24, 2.45) is 0 Å². The van der Waals surface area contributed by atoms with Crippen LogP contribution in [0.2, 0.25) is 0 Å². The van der Waals surface area contributed by atoms with Crippen molar-refractivity contribution < 1.29 is 30.8 Å². The van der Waals surface area contributed by atoms with E-state index in [4.69, 9.17) is 28.5 Å². The number of alkyl halides is 5. The maximum absolute atomic E-state index is 14.3. The standard InChI is InChI=1S/C29H24Cl2F4N4O3S/c1-43(41,42)23-10-8-19(9-11-23)18-4-6-20(7-5-18)27(29(33,34)35)39-25(14-26(30)31)28(40)38-22(16-37)13-21-3-2-17(15-36)12-24(21)32/h2-12,22,25-27,39H,13-14H2,1H3,(H,38,40)/t22-,25-,27-/m0/s1. The molecule has 0 aromatic heterocycles. The van der Waals surface area contributed by atoms with Gasteiger partial charge in [0.15, 0.2) is 9.84 Å². The number of sulfone groups is 1. The van der Waals surface area contributed by atoms with Crippen molar-refractivity contribution in [3.8, 4) is 23.3 Å². The van der Waals surface area contributed by atoms with E-state index in [2.05, 4.69) is 10.6 Å². The highest BCUT2D eigenvalue weighted by molar-refractivity contribution is 7.90. The number of halogens is 6. The second kappa shape index (κ2) is 14.2. The quantitative estimate of drug-likeness (QED) is 0.200. The molecule has 3 aromatic carbocycles. The molecule has 0 radical (unpaired) electrons. The van der Waals surface area contributed by atoms with Crippen LogP contribution in [0.25, 0.3) is 11.1 Å². The maximum atomic E-state index is 14.3. The summed E-state index contributed by atoms with van der Waals surface area (Å²) in [6, 6.07) is 13.0. The van der Waals surface area contributed by atoms with E-state index in [1.165, 1.54) is 60.7 Å². The zero-order valence-corrected chi connectivity index (χ0v) is 24.7. The van der Waals surface area contributed by atoms with Gasteiger partial charge in [-0.3, -0.25) is 10.1 Å². The van der Waals surface area contributed by atoms with Gasteiger partial charge in [0, 0.05) is 19.1 Å². The number of carbonyl (C=O) groups is 1. The second-order valence-electron chi connectivity index (χ2n) is 9.55. The van der Waals surface area contributed by atoms with Crippen LogP contribution in [0, 0.1) is 28.5 Å². The fourth-order valence-corrected chi connectivity index (χ4v) is 5.16. The lowest BCUT2D eigenvalue weighted by Gasteiger charge is -2.28. The Morgan fingerprint density at radius 2 is 1.56 bits per heavy atom. The molecule has 0 fully saturated rings. The van der Waals surface area contributed by atoms with Crippen LogP contribution in [0.4, 0.5) is 17.6 Å². The first-order valence-electron chi connectivity index (χ1n) is 12.5. The smallest absolute Gasteiger partial charge is 0.339 e. The number of carbonyl (C=O) groups excluding carboxylic acids is 1. The van der Waals surface area contributed by atoms with Crippen LogP contribution in [0.5, 0.6) is 0 Å². The lowest BCUT2D eigenvalue weighted by Crippen LogP contribution is -2.52. The molecule has 0 unspecified atom stereocenters. The molecule has 0 saturated carbocycles. The number of amides is 1. The van der Waals surface area contributed by atoms with E-state index in [0.29, 0.717) is 11.1 Å². The summed E-state index contributed by atoms with van der Waals surface area (Å²) in [5, 5.41) is 23.0. The molecule has 3 atom stereocenters. The Morgan fingerprint density at radius 3 is 2.02 bits per heavy atom. The number of nitrogens with one attached hydrogen (secondary N) is 2. The third kappa shape index (κ3) is 9.40. The summed E-state index contributed by atoms with van der Waals surface area (Å²) in [6.45, 7) is 0. The fourth-order valence-electron chi connectivity index (χ4n) is 4.18. The molecule has 43 heavy (non-hydrogen) atoms. The molecule has 0 aliphatic rings. The van der Waals surface area contributed by atoms with Crippen molar-refractivity contribution in [3.63, 3.8) is 0 Å². The van der Waals surface area contributed by atoms with E-state index in [9.17, 15) is 36.0 Å². The zero-order chi connectivity index (χ0) is 31.9. The molecule has 0 aliphatic heterocycles. The maximum Gasteiger partial charge on any atom is 0.407 e. The Kier molecular flexibility index (Phi) is 11.2. The van der Waals surface area contributed by atoms with Crippen LogP contribution in [-0.2, 0) is 21.1 Å². The molecule has 3 rings (SSSR count). The van der Waals surface area contributed by atoms with E-state index < -0.39 is 57.1 Å². The summed E-state index contributed by atoms with van der Waals surface area (Å²) in [5.41, 5.74) is 0.920. The molecule has 0 spiro atoms. The summed E-state index contributed by atoms with van der Waals surface area (Å²) in [5.74, 6) is -1.79. The summed E-state index contributed by atoms with van der Waals surface area (Å²) < 4.78 is 80.4. The first-order valence-corrected chi connectivity index (χ1v) is 15.3. The monoisotopic (exact) mass is 654 g/mol. The predicted octanol–water partition coefficient (Wildman–Crippen LogP) is 5.77. The van der Waals surface area contributed by atoms with Crippen LogP contribution in [0.1, 0.15) is 29.2 Å². The molecular formula is C29H24Cl2F4N4O3S. The van der Waals surface area contributed by atoms with E-state index in [-0.39, 0.29) is 28.0 Å². The van der Waals surface area contributed by atoms with Crippen LogP contribution in [-0.4, -0.2) is 43.7 Å². The average molecular weight is 656 g/mol. The average Bonchev–Trinajstić information content (AvgIpc) is 2.94. The number of rotatable bonds is 11. The molecule has 0 aliphatic carbocycles. The summed E-state index contributed by atoms with van der Waals surface area (Å²) in [4.78, 5) is 11.9. The van der Waals surface area contributed by atoms with E-state index in [0.717, 1.165) is 12.3 Å². The first-order chi connectivity index (χ1) is 20.1. The van der Waals surface area contributed by atoms with Crippen molar-refractivity contribution >= 4 is 38.9 Å². The normalized spacial score (nSPS) is 13.9. The molecule has 7 nitrogen and oxygen atoms in total.